The van der Waals surface area contributed by atoms with Crippen LogP contribution in [-0.4, -0.2) is 27.2 Å². The van der Waals surface area contributed by atoms with Gasteiger partial charge in [0.25, 0.3) is 5.89 Å². The minimum absolute atomic E-state index is 0.0700. The van der Waals surface area contributed by atoms with Crippen molar-refractivity contribution in [1.29, 1.82) is 5.26 Å². The van der Waals surface area contributed by atoms with E-state index in [0.29, 0.717) is 39.2 Å². The number of methoxy groups -OCH3 is 1. The second-order valence-electron chi connectivity index (χ2n) is 7.21. The summed E-state index contributed by atoms with van der Waals surface area (Å²) in [5.74, 6) is 0.794. The van der Waals surface area contributed by atoms with E-state index < -0.39 is 5.82 Å². The highest BCUT2D eigenvalue weighted by Gasteiger charge is 2.20. The number of hydrogen-bond donors (Lipinski definition) is 0. The summed E-state index contributed by atoms with van der Waals surface area (Å²) in [5.41, 5.74) is 2.40. The third-order valence-corrected chi connectivity index (χ3v) is 5.10. The van der Waals surface area contributed by atoms with Gasteiger partial charge in [-0.05, 0) is 48.0 Å². The Morgan fingerprint density at radius 1 is 1.06 bits per heavy atom. The molecule has 0 unspecified atom stereocenters. The van der Waals surface area contributed by atoms with E-state index in [1.54, 1.807) is 62.0 Å². The Hall–Kier alpha value is -4.84. The van der Waals surface area contributed by atoms with E-state index in [1.807, 2.05) is 0 Å². The second-order valence-corrected chi connectivity index (χ2v) is 7.21. The maximum absolute atomic E-state index is 14.1. The van der Waals surface area contributed by atoms with E-state index in [-0.39, 0.29) is 23.9 Å². The Bertz CT molecular complexity index is 1530. The van der Waals surface area contributed by atoms with Crippen molar-refractivity contribution in [3.8, 4) is 40.2 Å². The zero-order valence-electron chi connectivity index (χ0n) is 17.9. The summed E-state index contributed by atoms with van der Waals surface area (Å²) in [6.07, 6.45) is 3.27. The smallest absolute Gasteiger partial charge is 0.264 e. The lowest BCUT2D eigenvalue weighted by molar-refractivity contribution is 0.235. The van der Waals surface area contributed by atoms with Crippen LogP contribution in [0.4, 0.5) is 4.39 Å². The summed E-state index contributed by atoms with van der Waals surface area (Å²) in [7, 11) is 1.54. The van der Waals surface area contributed by atoms with Gasteiger partial charge >= 0.3 is 0 Å². The highest BCUT2D eigenvalue weighted by atomic mass is 19.1. The molecule has 0 spiro atoms. The van der Waals surface area contributed by atoms with Crippen molar-refractivity contribution in [2.45, 2.75) is 6.61 Å². The predicted octanol–water partition coefficient (Wildman–Crippen LogP) is 4.95. The molecule has 3 aromatic heterocycles. The van der Waals surface area contributed by atoms with E-state index in [2.05, 4.69) is 26.2 Å². The van der Waals surface area contributed by atoms with Crippen LogP contribution in [0, 0.1) is 17.1 Å². The minimum atomic E-state index is -0.425. The molecule has 5 rings (SSSR count). The molecule has 3 heterocycles. The monoisotopic (exact) mass is 453 g/mol. The number of nitriles is 1. The highest BCUT2D eigenvalue weighted by molar-refractivity contribution is 5.99. The van der Waals surface area contributed by atoms with E-state index in [1.165, 1.54) is 12.1 Å². The molecule has 5 aromatic rings. The average molecular weight is 453 g/mol. The van der Waals surface area contributed by atoms with Crippen LogP contribution in [0.2, 0.25) is 0 Å². The summed E-state index contributed by atoms with van der Waals surface area (Å²) < 4.78 is 30.5. The number of ether oxygens (including phenoxy) is 2. The topological polar surface area (TPSA) is 107 Å². The van der Waals surface area contributed by atoms with Gasteiger partial charge < -0.3 is 14.0 Å². The summed E-state index contributed by atoms with van der Waals surface area (Å²) in [4.78, 5) is 12.9. The van der Waals surface area contributed by atoms with Crippen molar-refractivity contribution in [2.75, 3.05) is 7.11 Å². The largest absolute Gasteiger partial charge is 0.497 e. The van der Waals surface area contributed by atoms with Gasteiger partial charge in [-0.25, -0.2) is 9.37 Å². The lowest BCUT2D eigenvalue weighted by atomic mass is 9.96. The van der Waals surface area contributed by atoms with Gasteiger partial charge in [-0.1, -0.05) is 17.3 Å². The summed E-state index contributed by atoms with van der Waals surface area (Å²) in [5, 5.41) is 14.6. The number of nitrogens with zero attached hydrogens (tertiary/aromatic N) is 5. The highest BCUT2D eigenvalue weighted by Crippen LogP contribution is 2.37. The molecule has 0 saturated carbocycles. The molecule has 8 nitrogen and oxygen atoms in total. The van der Waals surface area contributed by atoms with Crippen molar-refractivity contribution >= 4 is 10.9 Å². The Morgan fingerprint density at radius 2 is 1.94 bits per heavy atom. The summed E-state index contributed by atoms with van der Waals surface area (Å²) in [6.45, 7) is -0.112. The molecule has 0 amide bonds. The van der Waals surface area contributed by atoms with Gasteiger partial charge in [-0.2, -0.15) is 10.2 Å². The Balaban J connectivity index is 1.57. The van der Waals surface area contributed by atoms with Crippen LogP contribution in [0.25, 0.3) is 33.4 Å². The van der Waals surface area contributed by atoms with Gasteiger partial charge in [-0.15, -0.1) is 0 Å². The van der Waals surface area contributed by atoms with Crippen LogP contribution in [0.1, 0.15) is 11.5 Å². The van der Waals surface area contributed by atoms with Gasteiger partial charge in [0.1, 0.15) is 23.2 Å². The Kier molecular flexibility index (Phi) is 5.54. The first-order valence-corrected chi connectivity index (χ1v) is 10.2. The molecule has 0 atom stereocenters. The molecule has 0 fully saturated rings. The number of benzene rings is 2. The quantitative estimate of drug-likeness (QED) is 0.356. The number of halogens is 1. The maximum Gasteiger partial charge on any atom is 0.264 e. The molecule has 0 aliphatic carbocycles. The molecule has 166 valence electrons. The van der Waals surface area contributed by atoms with Crippen LogP contribution in [0.3, 0.4) is 0 Å². The van der Waals surface area contributed by atoms with Gasteiger partial charge in [0, 0.05) is 28.9 Å². The average Bonchev–Trinajstić information content (AvgIpc) is 3.36. The number of fused-ring (bicyclic) bond motifs is 1. The standard InChI is InChI=1S/C25H16FN5O3/c1-32-18-7-8-21-19(11-18)23(15-4-2-6-17(26)10-15)20(12-27)25(29-21)33-14-22-30-24(31-34-22)16-5-3-9-28-13-16/h2-11,13H,14H2,1H3. The van der Waals surface area contributed by atoms with Crippen LogP contribution >= 0.6 is 0 Å². The van der Waals surface area contributed by atoms with Crippen molar-refractivity contribution in [2.24, 2.45) is 0 Å². The van der Waals surface area contributed by atoms with Crippen LogP contribution in [-0.2, 0) is 6.61 Å². The molecule has 0 aliphatic heterocycles. The van der Waals surface area contributed by atoms with Gasteiger partial charge in [-0.3, -0.25) is 4.98 Å². The molecule has 0 aliphatic rings. The van der Waals surface area contributed by atoms with E-state index in [0.717, 1.165) is 0 Å². The number of rotatable bonds is 6. The molecular formula is C25H16FN5O3. The Morgan fingerprint density at radius 3 is 2.71 bits per heavy atom. The van der Waals surface area contributed by atoms with Crippen LogP contribution < -0.4 is 9.47 Å². The molecule has 0 bridgehead atoms. The lowest BCUT2D eigenvalue weighted by Gasteiger charge is -2.14. The van der Waals surface area contributed by atoms with E-state index in [4.69, 9.17) is 14.0 Å². The molecule has 9 heteroatoms. The second kappa shape index (κ2) is 8.96. The maximum atomic E-state index is 14.1. The minimum Gasteiger partial charge on any atom is -0.497 e. The van der Waals surface area contributed by atoms with Crippen molar-refractivity contribution in [3.63, 3.8) is 0 Å². The first-order valence-electron chi connectivity index (χ1n) is 10.2. The number of aromatic nitrogens is 4. The molecule has 0 saturated heterocycles. The van der Waals surface area contributed by atoms with Gasteiger partial charge in [0.15, 0.2) is 6.61 Å². The zero-order valence-corrected chi connectivity index (χ0v) is 17.9. The number of hydrogen-bond acceptors (Lipinski definition) is 8. The fourth-order valence-electron chi connectivity index (χ4n) is 3.55. The summed E-state index contributed by atoms with van der Waals surface area (Å²) >= 11 is 0. The lowest BCUT2D eigenvalue weighted by Crippen LogP contribution is -2.02. The van der Waals surface area contributed by atoms with E-state index in [9.17, 15) is 9.65 Å². The van der Waals surface area contributed by atoms with Crippen LogP contribution in [0.5, 0.6) is 11.6 Å². The molecule has 0 radical (unpaired) electrons. The van der Waals surface area contributed by atoms with Crippen LogP contribution in [0.15, 0.2) is 71.5 Å². The SMILES string of the molecule is COc1ccc2nc(OCc3nc(-c4cccnc4)no3)c(C#N)c(-c3cccc(F)c3)c2c1. The molecule has 2 aromatic carbocycles. The first kappa shape index (κ1) is 21.0. The van der Waals surface area contributed by atoms with Crippen molar-refractivity contribution < 1.29 is 18.4 Å². The number of pyridine rings is 2. The predicted molar refractivity (Wildman–Crippen MR) is 120 cm³/mol. The third-order valence-electron chi connectivity index (χ3n) is 5.10. The van der Waals surface area contributed by atoms with Gasteiger partial charge in [0.05, 0.1) is 12.6 Å². The molecular weight excluding hydrogens is 437 g/mol. The van der Waals surface area contributed by atoms with Crippen molar-refractivity contribution in [3.05, 3.63) is 84.3 Å². The fourth-order valence-corrected chi connectivity index (χ4v) is 3.55. The third kappa shape index (κ3) is 4.00. The van der Waals surface area contributed by atoms with Crippen molar-refractivity contribution in [1.82, 2.24) is 20.1 Å². The van der Waals surface area contributed by atoms with E-state index >= 15 is 0 Å². The first-order chi connectivity index (χ1) is 16.7. The molecule has 34 heavy (non-hydrogen) atoms. The van der Waals surface area contributed by atoms with Gasteiger partial charge in [0.2, 0.25) is 11.7 Å². The fraction of sp³-hybridized carbons (Fsp3) is 0.0800. The normalized spacial score (nSPS) is 10.7. The zero-order chi connectivity index (χ0) is 23.5. The Labute approximate surface area is 193 Å². The summed E-state index contributed by atoms with van der Waals surface area (Å²) in [6, 6.07) is 17.0. The molecule has 0 N–H and O–H groups in total.